The highest BCUT2D eigenvalue weighted by Crippen LogP contribution is 2.27. The number of benzene rings is 1. The van der Waals surface area contributed by atoms with Crippen molar-refractivity contribution < 1.29 is 9.47 Å². The zero-order valence-corrected chi connectivity index (χ0v) is 13.0. The molecular formula is C15H25NO2S. The molecule has 0 saturated carbocycles. The molecule has 0 amide bonds. The van der Waals surface area contributed by atoms with Crippen LogP contribution in [0.1, 0.15) is 25.5 Å². The van der Waals surface area contributed by atoms with Gasteiger partial charge in [-0.2, -0.15) is 11.8 Å². The molecule has 0 heterocycles. The molecule has 0 spiro atoms. The predicted molar refractivity (Wildman–Crippen MR) is 83.2 cm³/mol. The average molecular weight is 283 g/mol. The van der Waals surface area contributed by atoms with Gasteiger partial charge in [-0.3, -0.25) is 0 Å². The van der Waals surface area contributed by atoms with E-state index in [-0.39, 0.29) is 0 Å². The molecule has 3 nitrogen and oxygen atoms in total. The first-order valence-electron chi connectivity index (χ1n) is 6.85. The van der Waals surface area contributed by atoms with Gasteiger partial charge in [-0.05, 0) is 18.4 Å². The van der Waals surface area contributed by atoms with Crippen molar-refractivity contribution in [3.8, 4) is 5.75 Å². The van der Waals surface area contributed by atoms with E-state index in [0.29, 0.717) is 19.3 Å². The SMILES string of the molecule is CCNC(CSCC)c1ccccc1OCCOC. The van der Waals surface area contributed by atoms with Crippen LogP contribution in [0.5, 0.6) is 5.75 Å². The first-order chi connectivity index (χ1) is 9.33. The number of nitrogens with one attached hydrogen (secondary N) is 1. The molecule has 1 aromatic carbocycles. The monoisotopic (exact) mass is 283 g/mol. The second kappa shape index (κ2) is 10.1. The van der Waals surface area contributed by atoms with Crippen molar-refractivity contribution >= 4 is 11.8 Å². The van der Waals surface area contributed by atoms with Gasteiger partial charge in [-0.15, -0.1) is 0 Å². The number of hydrogen-bond donors (Lipinski definition) is 1. The summed E-state index contributed by atoms with van der Waals surface area (Å²) >= 11 is 1.95. The Morgan fingerprint density at radius 1 is 1.21 bits per heavy atom. The normalized spacial score (nSPS) is 12.4. The van der Waals surface area contributed by atoms with Crippen molar-refractivity contribution in [1.29, 1.82) is 0 Å². The third-order valence-electron chi connectivity index (χ3n) is 2.78. The van der Waals surface area contributed by atoms with E-state index in [1.54, 1.807) is 7.11 Å². The van der Waals surface area contributed by atoms with Crippen molar-refractivity contribution in [2.75, 3.05) is 38.4 Å². The van der Waals surface area contributed by atoms with Gasteiger partial charge in [-0.25, -0.2) is 0 Å². The minimum atomic E-state index is 0.341. The van der Waals surface area contributed by atoms with E-state index in [0.717, 1.165) is 23.8 Å². The lowest BCUT2D eigenvalue weighted by Crippen LogP contribution is -2.24. The van der Waals surface area contributed by atoms with Crippen LogP contribution in [0.15, 0.2) is 24.3 Å². The molecular weight excluding hydrogens is 258 g/mol. The molecule has 0 saturated heterocycles. The van der Waals surface area contributed by atoms with Crippen molar-refractivity contribution in [1.82, 2.24) is 5.32 Å². The smallest absolute Gasteiger partial charge is 0.124 e. The number of ether oxygens (including phenoxy) is 2. The number of thioether (sulfide) groups is 1. The Hall–Kier alpha value is -0.710. The molecule has 108 valence electrons. The molecule has 1 unspecified atom stereocenters. The Labute approximate surface area is 121 Å². The summed E-state index contributed by atoms with van der Waals surface area (Å²) in [5.41, 5.74) is 1.24. The molecule has 0 aromatic heterocycles. The van der Waals surface area contributed by atoms with E-state index in [9.17, 15) is 0 Å². The summed E-state index contributed by atoms with van der Waals surface area (Å²) in [7, 11) is 1.69. The first-order valence-corrected chi connectivity index (χ1v) is 8.00. The molecule has 0 radical (unpaired) electrons. The third-order valence-corrected chi connectivity index (χ3v) is 3.76. The van der Waals surface area contributed by atoms with E-state index in [2.05, 4.69) is 31.3 Å². The maximum atomic E-state index is 5.81. The van der Waals surface area contributed by atoms with Gasteiger partial charge in [0.05, 0.1) is 6.61 Å². The molecule has 1 aromatic rings. The minimum absolute atomic E-state index is 0.341. The summed E-state index contributed by atoms with van der Waals surface area (Å²) in [6.07, 6.45) is 0. The lowest BCUT2D eigenvalue weighted by Gasteiger charge is -2.21. The van der Waals surface area contributed by atoms with Crippen molar-refractivity contribution in [2.45, 2.75) is 19.9 Å². The van der Waals surface area contributed by atoms with Crippen LogP contribution >= 0.6 is 11.8 Å². The molecule has 1 atom stereocenters. The predicted octanol–water partition coefficient (Wildman–Crippen LogP) is 3.12. The van der Waals surface area contributed by atoms with Gasteiger partial charge in [0.2, 0.25) is 0 Å². The number of methoxy groups -OCH3 is 1. The van der Waals surface area contributed by atoms with E-state index in [4.69, 9.17) is 9.47 Å². The Morgan fingerprint density at radius 3 is 2.68 bits per heavy atom. The third kappa shape index (κ3) is 5.85. The van der Waals surface area contributed by atoms with Crippen molar-refractivity contribution in [3.05, 3.63) is 29.8 Å². The Kier molecular flexibility index (Phi) is 8.71. The second-order valence-electron chi connectivity index (χ2n) is 4.15. The van der Waals surface area contributed by atoms with E-state index in [1.165, 1.54) is 5.56 Å². The molecule has 1 N–H and O–H groups in total. The number of rotatable bonds is 10. The summed E-state index contributed by atoms with van der Waals surface area (Å²) in [4.78, 5) is 0. The van der Waals surface area contributed by atoms with E-state index >= 15 is 0 Å². The maximum absolute atomic E-state index is 5.81. The van der Waals surface area contributed by atoms with Crippen LogP contribution in [0.2, 0.25) is 0 Å². The fraction of sp³-hybridized carbons (Fsp3) is 0.600. The highest BCUT2D eigenvalue weighted by molar-refractivity contribution is 7.99. The minimum Gasteiger partial charge on any atom is -0.491 e. The lowest BCUT2D eigenvalue weighted by atomic mass is 10.1. The molecule has 0 fully saturated rings. The fourth-order valence-electron chi connectivity index (χ4n) is 1.88. The van der Waals surface area contributed by atoms with Crippen LogP contribution in [-0.2, 0) is 4.74 Å². The van der Waals surface area contributed by atoms with Crippen LogP contribution in [0.4, 0.5) is 0 Å². The highest BCUT2D eigenvalue weighted by atomic mass is 32.2. The highest BCUT2D eigenvalue weighted by Gasteiger charge is 2.14. The second-order valence-corrected chi connectivity index (χ2v) is 5.47. The van der Waals surface area contributed by atoms with Gasteiger partial charge in [0, 0.05) is 24.5 Å². The molecule has 4 heteroatoms. The van der Waals surface area contributed by atoms with Crippen LogP contribution < -0.4 is 10.1 Å². The summed E-state index contributed by atoms with van der Waals surface area (Å²) in [5, 5.41) is 3.53. The number of hydrogen-bond acceptors (Lipinski definition) is 4. The summed E-state index contributed by atoms with van der Waals surface area (Å²) in [6, 6.07) is 8.60. The van der Waals surface area contributed by atoms with Gasteiger partial charge in [0.1, 0.15) is 12.4 Å². The molecule has 1 rings (SSSR count). The molecule has 0 aliphatic rings. The molecule has 0 aliphatic heterocycles. The molecule has 0 aliphatic carbocycles. The van der Waals surface area contributed by atoms with Gasteiger partial charge in [-0.1, -0.05) is 32.0 Å². The van der Waals surface area contributed by atoms with Crippen molar-refractivity contribution in [3.63, 3.8) is 0 Å². The van der Waals surface area contributed by atoms with Gasteiger partial charge >= 0.3 is 0 Å². The summed E-state index contributed by atoms with van der Waals surface area (Å²) in [5.74, 6) is 3.16. The average Bonchev–Trinajstić information content (AvgIpc) is 2.44. The van der Waals surface area contributed by atoms with Crippen LogP contribution in [0, 0.1) is 0 Å². The Morgan fingerprint density at radius 2 is 2.00 bits per heavy atom. The van der Waals surface area contributed by atoms with Gasteiger partial charge in [0.15, 0.2) is 0 Å². The zero-order valence-electron chi connectivity index (χ0n) is 12.1. The van der Waals surface area contributed by atoms with Crippen LogP contribution in [0.25, 0.3) is 0 Å². The Balaban J connectivity index is 2.75. The Bertz CT molecular complexity index is 347. The largest absolute Gasteiger partial charge is 0.491 e. The van der Waals surface area contributed by atoms with Crippen LogP contribution in [0.3, 0.4) is 0 Å². The quantitative estimate of drug-likeness (QED) is 0.668. The van der Waals surface area contributed by atoms with E-state index < -0.39 is 0 Å². The fourth-order valence-corrected chi connectivity index (χ4v) is 2.64. The molecule has 19 heavy (non-hydrogen) atoms. The maximum Gasteiger partial charge on any atom is 0.124 e. The lowest BCUT2D eigenvalue weighted by molar-refractivity contribution is 0.145. The van der Waals surface area contributed by atoms with Crippen molar-refractivity contribution in [2.24, 2.45) is 0 Å². The topological polar surface area (TPSA) is 30.5 Å². The summed E-state index contributed by atoms with van der Waals surface area (Å²) in [6.45, 7) is 6.49. The first kappa shape index (κ1) is 16.3. The van der Waals surface area contributed by atoms with Gasteiger partial charge in [0.25, 0.3) is 0 Å². The van der Waals surface area contributed by atoms with Gasteiger partial charge < -0.3 is 14.8 Å². The molecule has 0 bridgehead atoms. The summed E-state index contributed by atoms with van der Waals surface area (Å²) < 4.78 is 10.8. The number of para-hydroxylation sites is 1. The van der Waals surface area contributed by atoms with E-state index in [1.807, 2.05) is 23.9 Å². The van der Waals surface area contributed by atoms with Crippen LogP contribution in [-0.4, -0.2) is 38.4 Å². The zero-order chi connectivity index (χ0) is 13.9. The standard InChI is InChI=1S/C15H25NO2S/c1-4-16-14(12-19-5-2)13-8-6-7-9-15(13)18-11-10-17-3/h6-9,14,16H,4-5,10-12H2,1-3H3.